The van der Waals surface area contributed by atoms with Crippen molar-refractivity contribution in [3.05, 3.63) is 0 Å². The van der Waals surface area contributed by atoms with Gasteiger partial charge in [-0.25, -0.2) is 0 Å². The summed E-state index contributed by atoms with van der Waals surface area (Å²) in [4.78, 5) is 0. The highest BCUT2D eigenvalue weighted by Crippen LogP contribution is 2.47. The fourth-order valence-corrected chi connectivity index (χ4v) is 1.38. The Bertz CT molecular complexity index is 119. The van der Waals surface area contributed by atoms with Crippen molar-refractivity contribution in [2.24, 2.45) is 5.41 Å². The van der Waals surface area contributed by atoms with E-state index in [1.165, 1.54) is 19.3 Å². The molecule has 0 aromatic carbocycles. The van der Waals surface area contributed by atoms with Crippen LogP contribution in [0.4, 0.5) is 0 Å². The molecule has 1 atom stereocenters. The maximum absolute atomic E-state index is 8.98. The van der Waals surface area contributed by atoms with Crippen LogP contribution in [0.25, 0.3) is 0 Å². The Kier molecular flexibility index (Phi) is 2.90. The summed E-state index contributed by atoms with van der Waals surface area (Å²) in [6.45, 7) is 5.89. The molecule has 1 aliphatic carbocycles. The molecule has 0 saturated heterocycles. The van der Waals surface area contributed by atoms with Crippen molar-refractivity contribution in [3.8, 4) is 0 Å². The molecular formula is C9H19NO. The molecule has 0 radical (unpaired) electrons. The van der Waals surface area contributed by atoms with Crippen LogP contribution in [-0.4, -0.2) is 24.3 Å². The summed E-state index contributed by atoms with van der Waals surface area (Å²) >= 11 is 0. The van der Waals surface area contributed by atoms with Gasteiger partial charge in [0, 0.05) is 13.1 Å². The molecule has 0 amide bonds. The Morgan fingerprint density at radius 1 is 1.55 bits per heavy atom. The van der Waals surface area contributed by atoms with Gasteiger partial charge in [-0.1, -0.05) is 6.92 Å². The molecule has 1 aliphatic rings. The Hall–Kier alpha value is -0.0800. The first-order chi connectivity index (χ1) is 5.18. The second-order valence-corrected chi connectivity index (χ2v) is 3.83. The molecule has 2 heteroatoms. The highest BCUT2D eigenvalue weighted by atomic mass is 16.3. The van der Waals surface area contributed by atoms with Crippen LogP contribution < -0.4 is 5.32 Å². The van der Waals surface area contributed by atoms with Crippen LogP contribution in [-0.2, 0) is 0 Å². The molecule has 66 valence electrons. The molecule has 2 nitrogen and oxygen atoms in total. The van der Waals surface area contributed by atoms with Gasteiger partial charge in [0.1, 0.15) is 0 Å². The van der Waals surface area contributed by atoms with Crippen molar-refractivity contribution in [1.82, 2.24) is 5.32 Å². The normalized spacial score (nSPS) is 23.2. The van der Waals surface area contributed by atoms with E-state index >= 15 is 0 Å². The topological polar surface area (TPSA) is 32.3 Å². The summed E-state index contributed by atoms with van der Waals surface area (Å²) in [5, 5.41) is 12.3. The van der Waals surface area contributed by atoms with Crippen LogP contribution in [0.2, 0.25) is 0 Å². The molecule has 1 fully saturated rings. The van der Waals surface area contributed by atoms with Crippen molar-refractivity contribution < 1.29 is 5.11 Å². The lowest BCUT2D eigenvalue weighted by Gasteiger charge is -2.13. The molecule has 1 rings (SSSR count). The third-order valence-corrected chi connectivity index (χ3v) is 2.65. The maximum Gasteiger partial charge on any atom is 0.0636 e. The fraction of sp³-hybridized carbons (Fsp3) is 1.00. The van der Waals surface area contributed by atoms with Gasteiger partial charge in [-0.05, 0) is 31.6 Å². The quantitative estimate of drug-likeness (QED) is 0.627. The van der Waals surface area contributed by atoms with Crippen LogP contribution in [0, 0.1) is 5.41 Å². The SMILES string of the molecule is CCC1(CNCC(C)O)CC1. The highest BCUT2D eigenvalue weighted by Gasteiger charge is 2.39. The fourth-order valence-electron chi connectivity index (χ4n) is 1.38. The van der Waals surface area contributed by atoms with E-state index in [0.717, 1.165) is 13.1 Å². The van der Waals surface area contributed by atoms with Gasteiger partial charge < -0.3 is 10.4 Å². The number of aliphatic hydroxyl groups is 1. The van der Waals surface area contributed by atoms with E-state index in [-0.39, 0.29) is 6.10 Å². The van der Waals surface area contributed by atoms with Crippen molar-refractivity contribution in [3.63, 3.8) is 0 Å². The Morgan fingerprint density at radius 3 is 2.55 bits per heavy atom. The van der Waals surface area contributed by atoms with Gasteiger partial charge in [-0.2, -0.15) is 0 Å². The second-order valence-electron chi connectivity index (χ2n) is 3.83. The summed E-state index contributed by atoms with van der Waals surface area (Å²) in [6, 6.07) is 0. The zero-order valence-corrected chi connectivity index (χ0v) is 7.56. The first-order valence-corrected chi connectivity index (χ1v) is 4.57. The van der Waals surface area contributed by atoms with Crippen LogP contribution in [0.5, 0.6) is 0 Å². The van der Waals surface area contributed by atoms with Crippen molar-refractivity contribution in [1.29, 1.82) is 0 Å². The zero-order chi connectivity index (χ0) is 8.32. The summed E-state index contributed by atoms with van der Waals surface area (Å²) in [7, 11) is 0. The van der Waals surface area contributed by atoms with Crippen LogP contribution in [0.15, 0.2) is 0 Å². The number of hydrogen-bond donors (Lipinski definition) is 2. The Morgan fingerprint density at radius 2 is 2.18 bits per heavy atom. The third-order valence-electron chi connectivity index (χ3n) is 2.65. The average molecular weight is 157 g/mol. The standard InChI is InChI=1S/C9H19NO/c1-3-9(4-5-9)7-10-6-8(2)11/h8,10-11H,3-7H2,1-2H3. The number of rotatable bonds is 5. The van der Waals surface area contributed by atoms with E-state index in [2.05, 4.69) is 12.2 Å². The molecule has 0 heterocycles. The molecule has 0 aliphatic heterocycles. The summed E-state index contributed by atoms with van der Waals surface area (Å²) < 4.78 is 0. The van der Waals surface area contributed by atoms with E-state index in [1.807, 2.05) is 6.92 Å². The summed E-state index contributed by atoms with van der Waals surface area (Å²) in [5.41, 5.74) is 0.606. The Labute approximate surface area is 69.0 Å². The van der Waals surface area contributed by atoms with Gasteiger partial charge in [0.25, 0.3) is 0 Å². The van der Waals surface area contributed by atoms with Crippen molar-refractivity contribution in [2.45, 2.75) is 39.2 Å². The average Bonchev–Trinajstić information content (AvgIpc) is 2.69. The van der Waals surface area contributed by atoms with Crippen LogP contribution >= 0.6 is 0 Å². The lowest BCUT2D eigenvalue weighted by molar-refractivity contribution is 0.188. The van der Waals surface area contributed by atoms with Gasteiger partial charge in [0.05, 0.1) is 6.10 Å². The highest BCUT2D eigenvalue weighted by molar-refractivity contribution is 4.93. The van der Waals surface area contributed by atoms with Gasteiger partial charge in [-0.15, -0.1) is 0 Å². The molecule has 1 saturated carbocycles. The molecule has 11 heavy (non-hydrogen) atoms. The lowest BCUT2D eigenvalue weighted by Crippen LogP contribution is -2.30. The molecule has 0 aromatic rings. The molecule has 2 N–H and O–H groups in total. The van der Waals surface area contributed by atoms with E-state index in [4.69, 9.17) is 5.11 Å². The molecule has 0 spiro atoms. The number of aliphatic hydroxyl groups excluding tert-OH is 1. The molecule has 0 bridgehead atoms. The molecular weight excluding hydrogens is 138 g/mol. The minimum atomic E-state index is -0.206. The summed E-state index contributed by atoms with van der Waals surface area (Å²) in [6.07, 6.45) is 3.81. The van der Waals surface area contributed by atoms with Crippen LogP contribution in [0.3, 0.4) is 0 Å². The van der Waals surface area contributed by atoms with E-state index in [9.17, 15) is 0 Å². The minimum Gasteiger partial charge on any atom is -0.392 e. The Balaban J connectivity index is 2.03. The summed E-state index contributed by atoms with van der Waals surface area (Å²) in [5.74, 6) is 0. The third kappa shape index (κ3) is 2.80. The van der Waals surface area contributed by atoms with Gasteiger partial charge >= 0.3 is 0 Å². The predicted octanol–water partition coefficient (Wildman–Crippen LogP) is 1.15. The van der Waals surface area contributed by atoms with E-state index < -0.39 is 0 Å². The van der Waals surface area contributed by atoms with Crippen LogP contribution in [0.1, 0.15) is 33.1 Å². The maximum atomic E-state index is 8.98. The van der Waals surface area contributed by atoms with Gasteiger partial charge in [0.15, 0.2) is 0 Å². The van der Waals surface area contributed by atoms with Gasteiger partial charge in [-0.3, -0.25) is 0 Å². The second kappa shape index (κ2) is 3.55. The van der Waals surface area contributed by atoms with Crippen molar-refractivity contribution in [2.75, 3.05) is 13.1 Å². The van der Waals surface area contributed by atoms with E-state index in [1.54, 1.807) is 0 Å². The van der Waals surface area contributed by atoms with Crippen molar-refractivity contribution >= 4 is 0 Å². The largest absolute Gasteiger partial charge is 0.392 e. The number of hydrogen-bond acceptors (Lipinski definition) is 2. The van der Waals surface area contributed by atoms with E-state index in [0.29, 0.717) is 5.41 Å². The zero-order valence-electron chi connectivity index (χ0n) is 7.56. The predicted molar refractivity (Wildman–Crippen MR) is 46.5 cm³/mol. The molecule has 0 aromatic heterocycles. The first kappa shape index (κ1) is 9.01. The smallest absolute Gasteiger partial charge is 0.0636 e. The van der Waals surface area contributed by atoms with Gasteiger partial charge in [0.2, 0.25) is 0 Å². The minimum absolute atomic E-state index is 0.206. The monoisotopic (exact) mass is 157 g/mol. The number of nitrogens with one attached hydrogen (secondary N) is 1. The first-order valence-electron chi connectivity index (χ1n) is 4.57. The lowest BCUT2D eigenvalue weighted by atomic mass is 10.0. The molecule has 1 unspecified atom stereocenters.